The van der Waals surface area contributed by atoms with E-state index in [0.717, 1.165) is 0 Å². The number of benzene rings is 1. The largest absolute Gasteiger partial charge is 0.478 e. The predicted octanol–water partition coefficient (Wildman–Crippen LogP) is 1.36. The lowest BCUT2D eigenvalue weighted by molar-refractivity contribution is 0.0377. The molecular formula is C14H21NO5S. The number of hydrogen-bond acceptors (Lipinski definition) is 4. The number of aliphatic hydroxyl groups is 1. The Kier molecular flexibility index (Phi) is 5.88. The van der Waals surface area contributed by atoms with Crippen molar-refractivity contribution in [3.63, 3.8) is 0 Å². The first-order chi connectivity index (χ1) is 9.71. The second-order valence-corrected chi connectivity index (χ2v) is 6.82. The maximum atomic E-state index is 12.0. The number of nitrogens with one attached hydrogen (secondary N) is 1. The highest BCUT2D eigenvalue weighted by molar-refractivity contribution is 7.88. The number of carboxylic acids is 1. The molecule has 7 heteroatoms. The third-order valence-electron chi connectivity index (χ3n) is 3.47. The van der Waals surface area contributed by atoms with Gasteiger partial charge in [-0.3, -0.25) is 0 Å². The zero-order valence-electron chi connectivity index (χ0n) is 12.2. The van der Waals surface area contributed by atoms with Gasteiger partial charge in [-0.05, 0) is 30.5 Å². The first-order valence-corrected chi connectivity index (χ1v) is 8.38. The fraction of sp³-hybridized carbons (Fsp3) is 0.500. The smallest absolute Gasteiger partial charge is 0.335 e. The number of rotatable bonds is 8. The Morgan fingerprint density at radius 3 is 2.43 bits per heavy atom. The van der Waals surface area contributed by atoms with E-state index >= 15 is 0 Å². The van der Waals surface area contributed by atoms with Gasteiger partial charge >= 0.3 is 5.97 Å². The van der Waals surface area contributed by atoms with Crippen molar-refractivity contribution in [3.05, 3.63) is 35.4 Å². The summed E-state index contributed by atoms with van der Waals surface area (Å²) in [5.41, 5.74) is -0.629. The Morgan fingerprint density at radius 2 is 1.90 bits per heavy atom. The number of carbonyl (C=O) groups is 1. The molecule has 118 valence electrons. The van der Waals surface area contributed by atoms with Crippen LogP contribution in [0.25, 0.3) is 0 Å². The Hall–Kier alpha value is -1.44. The highest BCUT2D eigenvalue weighted by Gasteiger charge is 2.24. The molecule has 3 N–H and O–H groups in total. The summed E-state index contributed by atoms with van der Waals surface area (Å²) >= 11 is 0. The van der Waals surface area contributed by atoms with Gasteiger partial charge in [-0.2, -0.15) is 0 Å². The molecule has 0 heterocycles. The van der Waals surface area contributed by atoms with E-state index in [1.807, 2.05) is 0 Å². The number of aromatic carboxylic acids is 1. The van der Waals surface area contributed by atoms with E-state index in [9.17, 15) is 18.3 Å². The molecule has 0 saturated carbocycles. The van der Waals surface area contributed by atoms with Gasteiger partial charge in [0.15, 0.2) is 0 Å². The summed E-state index contributed by atoms with van der Waals surface area (Å²) in [6, 6.07) is 5.78. The van der Waals surface area contributed by atoms with Gasteiger partial charge in [0.25, 0.3) is 0 Å². The average molecular weight is 315 g/mol. The number of sulfonamides is 1. The molecule has 1 rings (SSSR count). The Bertz CT molecular complexity index is 593. The molecule has 6 nitrogen and oxygen atoms in total. The van der Waals surface area contributed by atoms with Gasteiger partial charge in [0.2, 0.25) is 10.0 Å². The van der Waals surface area contributed by atoms with Gasteiger partial charge in [0, 0.05) is 6.54 Å². The molecule has 0 unspecified atom stereocenters. The minimum atomic E-state index is -3.63. The van der Waals surface area contributed by atoms with E-state index in [0.29, 0.717) is 18.4 Å². The van der Waals surface area contributed by atoms with Crippen molar-refractivity contribution in [1.82, 2.24) is 4.72 Å². The number of hydrogen-bond donors (Lipinski definition) is 3. The first kappa shape index (κ1) is 17.6. The molecule has 0 aliphatic rings. The molecule has 0 radical (unpaired) electrons. The van der Waals surface area contributed by atoms with E-state index in [2.05, 4.69) is 4.72 Å². The Morgan fingerprint density at radius 1 is 1.29 bits per heavy atom. The molecule has 0 aliphatic carbocycles. The van der Waals surface area contributed by atoms with Crippen molar-refractivity contribution in [2.75, 3.05) is 6.54 Å². The van der Waals surface area contributed by atoms with Crippen molar-refractivity contribution in [2.45, 2.75) is 38.0 Å². The van der Waals surface area contributed by atoms with E-state index in [1.54, 1.807) is 19.9 Å². The van der Waals surface area contributed by atoms with Crippen LogP contribution in [-0.2, 0) is 15.8 Å². The highest BCUT2D eigenvalue weighted by Crippen LogP contribution is 2.14. The summed E-state index contributed by atoms with van der Waals surface area (Å²) < 4.78 is 26.4. The second-order valence-electron chi connectivity index (χ2n) is 5.02. The van der Waals surface area contributed by atoms with Crippen LogP contribution in [0.4, 0.5) is 0 Å². The van der Waals surface area contributed by atoms with Crippen molar-refractivity contribution >= 4 is 16.0 Å². The molecule has 0 amide bonds. The molecular weight excluding hydrogens is 294 g/mol. The van der Waals surface area contributed by atoms with Gasteiger partial charge in [0.1, 0.15) is 0 Å². The molecule has 1 aromatic rings. The standard InChI is InChI=1S/C14H21NO5S/c1-3-14(18,4-2)10-15-21(19,20)9-11-6-5-7-12(8-11)13(16)17/h5-8,15,18H,3-4,9-10H2,1-2H3,(H,16,17). The van der Waals surface area contributed by atoms with Gasteiger partial charge in [-0.1, -0.05) is 26.0 Å². The van der Waals surface area contributed by atoms with Crippen molar-refractivity contribution < 1.29 is 23.4 Å². The summed E-state index contributed by atoms with van der Waals surface area (Å²) in [5.74, 6) is -1.42. The SMILES string of the molecule is CCC(O)(CC)CNS(=O)(=O)Cc1cccc(C(=O)O)c1. The highest BCUT2D eigenvalue weighted by atomic mass is 32.2. The van der Waals surface area contributed by atoms with Crippen LogP contribution in [-0.4, -0.2) is 36.7 Å². The van der Waals surface area contributed by atoms with Crippen LogP contribution in [0.5, 0.6) is 0 Å². The summed E-state index contributed by atoms with van der Waals surface area (Å²) in [5, 5.41) is 19.0. The molecule has 0 fully saturated rings. The van der Waals surface area contributed by atoms with Crippen LogP contribution in [0.15, 0.2) is 24.3 Å². The number of carboxylic acid groups (broad SMARTS) is 1. The minimum absolute atomic E-state index is 0.0429. The maximum Gasteiger partial charge on any atom is 0.335 e. The molecule has 0 atom stereocenters. The molecule has 0 aromatic heterocycles. The third-order valence-corrected chi connectivity index (χ3v) is 4.77. The van der Waals surface area contributed by atoms with Crippen LogP contribution in [0.3, 0.4) is 0 Å². The van der Waals surface area contributed by atoms with Crippen molar-refractivity contribution in [2.24, 2.45) is 0 Å². The summed E-state index contributed by atoms with van der Waals surface area (Å²) in [6.07, 6.45) is 0.890. The van der Waals surface area contributed by atoms with Crippen molar-refractivity contribution in [1.29, 1.82) is 0 Å². The quantitative estimate of drug-likeness (QED) is 0.672. The lowest BCUT2D eigenvalue weighted by Gasteiger charge is -2.25. The maximum absolute atomic E-state index is 12.0. The zero-order valence-corrected chi connectivity index (χ0v) is 13.0. The molecule has 0 spiro atoms. The van der Waals surface area contributed by atoms with Gasteiger partial charge in [0.05, 0.1) is 16.9 Å². The van der Waals surface area contributed by atoms with Crippen LogP contribution in [0.1, 0.15) is 42.6 Å². The van der Waals surface area contributed by atoms with Gasteiger partial charge in [-0.25, -0.2) is 17.9 Å². The molecule has 21 heavy (non-hydrogen) atoms. The topological polar surface area (TPSA) is 104 Å². The van der Waals surface area contributed by atoms with E-state index in [1.165, 1.54) is 18.2 Å². The zero-order chi connectivity index (χ0) is 16.1. The summed E-state index contributed by atoms with van der Waals surface area (Å²) in [6.45, 7) is 3.52. The lowest BCUT2D eigenvalue weighted by Crippen LogP contribution is -2.42. The van der Waals surface area contributed by atoms with E-state index in [-0.39, 0.29) is 17.9 Å². The predicted molar refractivity (Wildman–Crippen MR) is 79.6 cm³/mol. The van der Waals surface area contributed by atoms with Crippen LogP contribution in [0, 0.1) is 0 Å². The average Bonchev–Trinajstić information content (AvgIpc) is 2.44. The Labute approximate surface area is 124 Å². The molecule has 1 aromatic carbocycles. The first-order valence-electron chi connectivity index (χ1n) is 6.73. The fourth-order valence-electron chi connectivity index (χ4n) is 1.81. The molecule has 0 aliphatic heterocycles. The summed E-state index contributed by atoms with van der Waals surface area (Å²) in [7, 11) is -3.63. The normalized spacial score (nSPS) is 12.3. The van der Waals surface area contributed by atoms with E-state index in [4.69, 9.17) is 5.11 Å². The van der Waals surface area contributed by atoms with Gasteiger partial charge < -0.3 is 10.2 Å². The lowest BCUT2D eigenvalue weighted by atomic mass is 9.98. The Balaban J connectivity index is 2.77. The fourth-order valence-corrected chi connectivity index (χ4v) is 3.02. The molecule has 0 saturated heterocycles. The second kappa shape index (κ2) is 7.02. The monoisotopic (exact) mass is 315 g/mol. The van der Waals surface area contributed by atoms with Crippen LogP contribution in [0.2, 0.25) is 0 Å². The van der Waals surface area contributed by atoms with Crippen LogP contribution < -0.4 is 4.72 Å². The third kappa shape index (κ3) is 5.45. The van der Waals surface area contributed by atoms with Crippen molar-refractivity contribution in [3.8, 4) is 0 Å². The molecule has 0 bridgehead atoms. The minimum Gasteiger partial charge on any atom is -0.478 e. The van der Waals surface area contributed by atoms with Crippen LogP contribution >= 0.6 is 0 Å². The summed E-state index contributed by atoms with van der Waals surface area (Å²) in [4.78, 5) is 10.9. The van der Waals surface area contributed by atoms with E-state index < -0.39 is 21.6 Å². The van der Waals surface area contributed by atoms with Gasteiger partial charge in [-0.15, -0.1) is 0 Å².